The van der Waals surface area contributed by atoms with Crippen LogP contribution in [0.3, 0.4) is 0 Å². The van der Waals surface area contributed by atoms with Crippen molar-refractivity contribution >= 4 is 7.55 Å². The van der Waals surface area contributed by atoms with Gasteiger partial charge < -0.3 is 9.62 Å². The van der Waals surface area contributed by atoms with Crippen molar-refractivity contribution in [2.45, 2.75) is 153 Å². The molecule has 4 saturated carbocycles. The Morgan fingerprint density at radius 1 is 0.333 bits per heavy atom. The van der Waals surface area contributed by atoms with Crippen LogP contribution in [0.2, 0.25) is 0 Å². The molecule has 4 aliphatic carbocycles. The van der Waals surface area contributed by atoms with E-state index in [2.05, 4.69) is 9.62 Å². The molecule has 4 fully saturated rings. The summed E-state index contributed by atoms with van der Waals surface area (Å²) in [7, 11) is 1.32. The van der Waals surface area contributed by atoms with Gasteiger partial charge in [-0.05, 0) is 51.4 Å². The molecule has 3 heteroatoms. The summed E-state index contributed by atoms with van der Waals surface area (Å²) >= 11 is 0. The van der Waals surface area contributed by atoms with Gasteiger partial charge in [0, 0.05) is 24.2 Å². The molecule has 0 aliphatic heterocycles. The summed E-state index contributed by atoms with van der Waals surface area (Å²) in [6.45, 7) is 0. The highest BCUT2D eigenvalue weighted by Crippen LogP contribution is 2.34. The van der Waals surface area contributed by atoms with Gasteiger partial charge in [0.1, 0.15) is 0 Å². The van der Waals surface area contributed by atoms with Crippen LogP contribution < -0.4 is 0 Å². The second-order valence-electron chi connectivity index (χ2n) is 10.3. The molecule has 0 aromatic carbocycles. The third-order valence-electron chi connectivity index (χ3n) is 8.50. The quantitative estimate of drug-likeness (QED) is 0.513. The van der Waals surface area contributed by atoms with Gasteiger partial charge in [-0.3, -0.25) is 0 Å². The van der Waals surface area contributed by atoms with Crippen LogP contribution in [0.5, 0.6) is 0 Å². The van der Waals surface area contributed by atoms with E-state index in [-0.39, 0.29) is 0 Å². The van der Waals surface area contributed by atoms with E-state index in [1.807, 2.05) is 0 Å². The second-order valence-corrected chi connectivity index (χ2v) is 10.3. The van der Waals surface area contributed by atoms with Crippen LogP contribution in [0.4, 0.5) is 0 Å². The van der Waals surface area contributed by atoms with Gasteiger partial charge in [-0.25, -0.2) is 0 Å². The zero-order valence-electron chi connectivity index (χ0n) is 18.1. The van der Waals surface area contributed by atoms with E-state index in [1.54, 1.807) is 0 Å². The first-order valence-electron chi connectivity index (χ1n) is 12.9. The normalized spacial score (nSPS) is 28.1. The summed E-state index contributed by atoms with van der Waals surface area (Å²) in [5.74, 6) is 0. The molecule has 0 amide bonds. The minimum absolute atomic E-state index is 0.900. The van der Waals surface area contributed by atoms with E-state index in [0.717, 1.165) is 24.2 Å². The zero-order chi connectivity index (χ0) is 18.3. The van der Waals surface area contributed by atoms with Gasteiger partial charge in [0.2, 0.25) is 0 Å². The average Bonchev–Trinajstić information content (AvgIpc) is 2.77. The number of hydrogen-bond acceptors (Lipinski definition) is 2. The first-order chi connectivity index (χ1) is 13.4. The summed E-state index contributed by atoms with van der Waals surface area (Å²) < 4.78 is 0. The van der Waals surface area contributed by atoms with Gasteiger partial charge in [0.05, 0.1) is 0 Å². The molecule has 0 unspecified atom stereocenters. The SMILES string of the molecule is B(N(C1CCCCC1)C1CCCCC1)N(C1CCCCC1)C1CCCCC1. The molecule has 0 bridgehead atoms. The van der Waals surface area contributed by atoms with Crippen molar-refractivity contribution in [3.8, 4) is 0 Å². The lowest BCUT2D eigenvalue weighted by Crippen LogP contribution is -2.58. The van der Waals surface area contributed by atoms with Crippen LogP contribution in [0, 0.1) is 0 Å². The molecule has 0 spiro atoms. The molecule has 0 atom stereocenters. The molecular formula is C24H45BN2. The van der Waals surface area contributed by atoms with Gasteiger partial charge in [0.25, 0.3) is 7.55 Å². The van der Waals surface area contributed by atoms with E-state index < -0.39 is 0 Å². The van der Waals surface area contributed by atoms with Crippen molar-refractivity contribution in [1.82, 2.24) is 9.62 Å². The maximum Gasteiger partial charge on any atom is 0.292 e. The second kappa shape index (κ2) is 10.7. The molecule has 0 aromatic rings. The molecule has 0 N–H and O–H groups in total. The van der Waals surface area contributed by atoms with Crippen LogP contribution in [0.1, 0.15) is 128 Å². The summed E-state index contributed by atoms with van der Waals surface area (Å²) in [5.41, 5.74) is 0. The van der Waals surface area contributed by atoms with Gasteiger partial charge in [-0.15, -0.1) is 0 Å². The fourth-order valence-corrected chi connectivity index (χ4v) is 6.90. The Morgan fingerprint density at radius 2 is 0.556 bits per heavy atom. The Bertz CT molecular complexity index is 331. The van der Waals surface area contributed by atoms with Crippen LogP contribution in [0.25, 0.3) is 0 Å². The lowest BCUT2D eigenvalue weighted by atomic mass is 9.78. The molecule has 4 rings (SSSR count). The predicted octanol–water partition coefficient (Wildman–Crippen LogP) is 6.19. The van der Waals surface area contributed by atoms with Crippen molar-refractivity contribution in [3.05, 3.63) is 0 Å². The van der Waals surface area contributed by atoms with Crippen molar-refractivity contribution in [1.29, 1.82) is 0 Å². The lowest BCUT2D eigenvalue weighted by Gasteiger charge is -2.48. The summed E-state index contributed by atoms with van der Waals surface area (Å²) in [4.78, 5) is 6.17. The lowest BCUT2D eigenvalue weighted by molar-refractivity contribution is 0.119. The molecule has 2 nitrogen and oxygen atoms in total. The molecule has 27 heavy (non-hydrogen) atoms. The van der Waals surface area contributed by atoms with Crippen LogP contribution in [-0.2, 0) is 0 Å². The smallest absolute Gasteiger partial charge is 0.292 e. The topological polar surface area (TPSA) is 6.48 Å². The molecule has 0 heterocycles. The molecule has 0 radical (unpaired) electrons. The molecule has 0 saturated heterocycles. The van der Waals surface area contributed by atoms with Gasteiger partial charge in [0.15, 0.2) is 0 Å². The van der Waals surface area contributed by atoms with Crippen molar-refractivity contribution in [2.75, 3.05) is 0 Å². The largest absolute Gasteiger partial charge is 0.326 e. The number of rotatable bonds is 6. The third-order valence-corrected chi connectivity index (χ3v) is 8.50. The van der Waals surface area contributed by atoms with Crippen LogP contribution >= 0.6 is 0 Å². The van der Waals surface area contributed by atoms with Gasteiger partial charge in [-0.1, -0.05) is 77.0 Å². The van der Waals surface area contributed by atoms with Gasteiger partial charge in [-0.2, -0.15) is 0 Å². The van der Waals surface area contributed by atoms with Crippen LogP contribution in [0.15, 0.2) is 0 Å². The Labute approximate surface area is 170 Å². The summed E-state index contributed by atoms with van der Waals surface area (Å²) in [6.07, 6.45) is 29.7. The Hall–Kier alpha value is -0.0151. The predicted molar refractivity (Wildman–Crippen MR) is 118 cm³/mol. The van der Waals surface area contributed by atoms with E-state index in [9.17, 15) is 0 Å². The summed E-state index contributed by atoms with van der Waals surface area (Å²) in [6, 6.07) is 3.60. The molecule has 0 aromatic heterocycles. The third kappa shape index (κ3) is 5.53. The Kier molecular flexibility index (Phi) is 8.01. The Morgan fingerprint density at radius 3 is 0.778 bits per heavy atom. The molecular weight excluding hydrogens is 327 g/mol. The highest BCUT2D eigenvalue weighted by Gasteiger charge is 2.36. The minimum Gasteiger partial charge on any atom is -0.326 e. The van der Waals surface area contributed by atoms with Crippen LogP contribution in [-0.4, -0.2) is 41.3 Å². The van der Waals surface area contributed by atoms with Crippen molar-refractivity contribution in [2.24, 2.45) is 0 Å². The van der Waals surface area contributed by atoms with Gasteiger partial charge >= 0.3 is 0 Å². The maximum absolute atomic E-state index is 3.08. The van der Waals surface area contributed by atoms with Crippen molar-refractivity contribution in [3.63, 3.8) is 0 Å². The zero-order valence-corrected chi connectivity index (χ0v) is 18.1. The fourth-order valence-electron chi connectivity index (χ4n) is 6.90. The van der Waals surface area contributed by atoms with Crippen molar-refractivity contribution < 1.29 is 0 Å². The molecule has 154 valence electrons. The van der Waals surface area contributed by atoms with E-state index in [1.165, 1.54) is 136 Å². The van der Waals surface area contributed by atoms with E-state index >= 15 is 0 Å². The standard InChI is InChI=1S/C24H45BN2/c1-5-13-21(14-6-1)26(22-15-7-2-8-16-22)25-27(23-17-9-3-10-18-23)24-19-11-4-12-20-24/h21-25H,1-20H2. The molecule has 4 aliphatic rings. The monoisotopic (exact) mass is 372 g/mol. The summed E-state index contributed by atoms with van der Waals surface area (Å²) in [5, 5.41) is 0. The first-order valence-corrected chi connectivity index (χ1v) is 12.9. The fraction of sp³-hybridized carbons (Fsp3) is 1.00. The highest BCUT2D eigenvalue weighted by atomic mass is 15.3. The van der Waals surface area contributed by atoms with E-state index in [0.29, 0.717) is 0 Å². The highest BCUT2D eigenvalue weighted by molar-refractivity contribution is 6.29. The maximum atomic E-state index is 3.08. The average molecular weight is 372 g/mol. The Balaban J connectivity index is 1.49. The number of nitrogens with zero attached hydrogens (tertiary/aromatic N) is 2. The van der Waals surface area contributed by atoms with E-state index in [4.69, 9.17) is 0 Å². The first kappa shape index (κ1) is 20.3. The minimum atomic E-state index is 0.900. The number of hydrogen-bond donors (Lipinski definition) is 0.